The third-order valence-corrected chi connectivity index (χ3v) is 5.30. The highest BCUT2D eigenvalue weighted by atomic mass is 16.5. The van der Waals surface area contributed by atoms with Gasteiger partial charge in [-0.2, -0.15) is 0 Å². The second-order valence-electron chi connectivity index (χ2n) is 7.19. The van der Waals surface area contributed by atoms with E-state index in [1.165, 1.54) is 4.57 Å². The quantitative estimate of drug-likeness (QED) is 0.704. The molecule has 0 N–H and O–H groups in total. The lowest BCUT2D eigenvalue weighted by Crippen LogP contribution is -2.44. The van der Waals surface area contributed by atoms with Crippen molar-refractivity contribution in [1.29, 1.82) is 0 Å². The van der Waals surface area contributed by atoms with Crippen LogP contribution in [0.15, 0.2) is 53.3 Å². The Morgan fingerprint density at radius 3 is 2.50 bits per heavy atom. The zero-order valence-corrected chi connectivity index (χ0v) is 16.1. The number of likely N-dealkylation sites (tertiary alicyclic amines) is 1. The normalized spacial score (nSPS) is 15.0. The van der Waals surface area contributed by atoms with Gasteiger partial charge in [-0.05, 0) is 30.7 Å². The number of piperidine rings is 1. The van der Waals surface area contributed by atoms with E-state index in [1.807, 2.05) is 55.5 Å². The SMILES string of the molecule is Cc1ccccc1OC1CCN(C(=O)c2nc3ccccc3n(C)c2=O)CC1. The van der Waals surface area contributed by atoms with Gasteiger partial charge in [0.15, 0.2) is 5.69 Å². The Bertz CT molecular complexity index is 1080. The Balaban J connectivity index is 1.49. The van der Waals surface area contributed by atoms with Gasteiger partial charge in [-0.15, -0.1) is 0 Å². The molecule has 144 valence electrons. The number of benzene rings is 2. The highest BCUT2D eigenvalue weighted by Gasteiger charge is 2.28. The number of carbonyl (C=O) groups is 1. The summed E-state index contributed by atoms with van der Waals surface area (Å²) in [5, 5.41) is 0. The number of amides is 1. The first-order valence-electron chi connectivity index (χ1n) is 9.52. The summed E-state index contributed by atoms with van der Waals surface area (Å²) in [6.07, 6.45) is 1.53. The van der Waals surface area contributed by atoms with Crippen LogP contribution >= 0.6 is 0 Å². The Hall–Kier alpha value is -3.15. The molecule has 0 unspecified atom stereocenters. The molecule has 1 aliphatic rings. The van der Waals surface area contributed by atoms with E-state index in [0.29, 0.717) is 18.6 Å². The first-order valence-corrected chi connectivity index (χ1v) is 9.52. The van der Waals surface area contributed by atoms with E-state index in [0.717, 1.165) is 29.7 Å². The lowest BCUT2D eigenvalue weighted by Gasteiger charge is -2.32. The highest BCUT2D eigenvalue weighted by Crippen LogP contribution is 2.22. The van der Waals surface area contributed by atoms with E-state index in [9.17, 15) is 9.59 Å². The molecule has 0 spiro atoms. The van der Waals surface area contributed by atoms with Crippen LogP contribution in [0.5, 0.6) is 5.75 Å². The van der Waals surface area contributed by atoms with Crippen molar-refractivity contribution in [3.63, 3.8) is 0 Å². The van der Waals surface area contributed by atoms with Crippen molar-refractivity contribution in [3.05, 3.63) is 70.1 Å². The van der Waals surface area contributed by atoms with Crippen LogP contribution in [0.3, 0.4) is 0 Å². The number of fused-ring (bicyclic) bond motifs is 1. The molecule has 1 fully saturated rings. The summed E-state index contributed by atoms with van der Waals surface area (Å²) in [6.45, 7) is 3.12. The van der Waals surface area contributed by atoms with E-state index in [1.54, 1.807) is 11.9 Å². The Labute approximate surface area is 163 Å². The van der Waals surface area contributed by atoms with Crippen molar-refractivity contribution in [2.45, 2.75) is 25.9 Å². The lowest BCUT2D eigenvalue weighted by atomic mass is 10.1. The van der Waals surface area contributed by atoms with Gasteiger partial charge in [0.05, 0.1) is 11.0 Å². The van der Waals surface area contributed by atoms with Gasteiger partial charge in [0.2, 0.25) is 0 Å². The highest BCUT2D eigenvalue weighted by molar-refractivity contribution is 5.94. The molecule has 2 aromatic carbocycles. The van der Waals surface area contributed by atoms with E-state index in [-0.39, 0.29) is 23.3 Å². The summed E-state index contributed by atoms with van der Waals surface area (Å²) in [5.74, 6) is 0.582. The fraction of sp³-hybridized carbons (Fsp3) is 0.318. The van der Waals surface area contributed by atoms with E-state index >= 15 is 0 Å². The molecule has 0 bridgehead atoms. The van der Waals surface area contributed by atoms with Crippen molar-refractivity contribution >= 4 is 16.9 Å². The number of rotatable bonds is 3. The average Bonchev–Trinajstić information content (AvgIpc) is 2.72. The maximum Gasteiger partial charge on any atom is 0.282 e. The second-order valence-corrected chi connectivity index (χ2v) is 7.19. The summed E-state index contributed by atoms with van der Waals surface area (Å²) in [4.78, 5) is 31.6. The van der Waals surface area contributed by atoms with E-state index < -0.39 is 0 Å². The Morgan fingerprint density at radius 2 is 1.75 bits per heavy atom. The zero-order chi connectivity index (χ0) is 19.7. The third-order valence-electron chi connectivity index (χ3n) is 5.30. The number of hydrogen-bond acceptors (Lipinski definition) is 4. The number of carbonyl (C=O) groups excluding carboxylic acids is 1. The topological polar surface area (TPSA) is 64.4 Å². The predicted octanol–water partition coefficient (Wildman–Crippen LogP) is 2.93. The summed E-state index contributed by atoms with van der Waals surface area (Å²) < 4.78 is 7.59. The van der Waals surface area contributed by atoms with Gasteiger partial charge in [0.1, 0.15) is 11.9 Å². The maximum atomic E-state index is 12.9. The summed E-state index contributed by atoms with van der Waals surface area (Å²) in [6, 6.07) is 15.3. The number of ether oxygens (including phenoxy) is 1. The number of hydrogen-bond donors (Lipinski definition) is 0. The molecule has 3 aromatic rings. The number of aromatic nitrogens is 2. The minimum absolute atomic E-state index is 0.0144. The summed E-state index contributed by atoms with van der Waals surface area (Å²) >= 11 is 0. The molecule has 4 rings (SSSR count). The Kier molecular flexibility index (Phi) is 4.86. The molecule has 6 heteroatoms. The molecule has 6 nitrogen and oxygen atoms in total. The van der Waals surface area contributed by atoms with Crippen LogP contribution in [-0.2, 0) is 7.05 Å². The van der Waals surface area contributed by atoms with Gasteiger partial charge in [0.25, 0.3) is 11.5 Å². The van der Waals surface area contributed by atoms with Crippen molar-refractivity contribution in [2.24, 2.45) is 7.05 Å². The van der Waals surface area contributed by atoms with Crippen molar-refractivity contribution in [3.8, 4) is 5.75 Å². The zero-order valence-electron chi connectivity index (χ0n) is 16.1. The number of nitrogens with zero attached hydrogens (tertiary/aromatic N) is 3. The Morgan fingerprint density at radius 1 is 1.07 bits per heavy atom. The minimum Gasteiger partial charge on any atom is -0.490 e. The second kappa shape index (κ2) is 7.46. The smallest absolute Gasteiger partial charge is 0.282 e. The first kappa shape index (κ1) is 18.2. The van der Waals surface area contributed by atoms with Crippen LogP contribution in [0.25, 0.3) is 11.0 Å². The third kappa shape index (κ3) is 3.38. The molecule has 2 heterocycles. The van der Waals surface area contributed by atoms with E-state index in [2.05, 4.69) is 4.98 Å². The molecule has 0 atom stereocenters. The molecular weight excluding hydrogens is 354 g/mol. The van der Waals surface area contributed by atoms with Crippen molar-refractivity contribution in [1.82, 2.24) is 14.5 Å². The van der Waals surface area contributed by atoms with Gasteiger partial charge in [-0.25, -0.2) is 4.98 Å². The van der Waals surface area contributed by atoms with Crippen molar-refractivity contribution in [2.75, 3.05) is 13.1 Å². The van der Waals surface area contributed by atoms with E-state index in [4.69, 9.17) is 4.74 Å². The average molecular weight is 377 g/mol. The monoisotopic (exact) mass is 377 g/mol. The summed E-state index contributed by atoms with van der Waals surface area (Å²) in [7, 11) is 1.67. The van der Waals surface area contributed by atoms with Gasteiger partial charge in [-0.1, -0.05) is 30.3 Å². The maximum absolute atomic E-state index is 12.9. The van der Waals surface area contributed by atoms with Gasteiger partial charge in [0, 0.05) is 33.0 Å². The molecule has 0 aliphatic carbocycles. The molecular formula is C22H23N3O3. The molecule has 1 aliphatic heterocycles. The first-order chi connectivity index (χ1) is 13.5. The summed E-state index contributed by atoms with van der Waals surface area (Å²) in [5.41, 5.74) is 2.09. The molecule has 28 heavy (non-hydrogen) atoms. The van der Waals surface area contributed by atoms with Crippen LogP contribution in [0.1, 0.15) is 28.9 Å². The number of para-hydroxylation sites is 3. The van der Waals surface area contributed by atoms with Crippen LogP contribution in [0.4, 0.5) is 0 Å². The van der Waals surface area contributed by atoms with Crippen LogP contribution in [-0.4, -0.2) is 39.6 Å². The van der Waals surface area contributed by atoms with Gasteiger partial charge >= 0.3 is 0 Å². The van der Waals surface area contributed by atoms with Crippen LogP contribution < -0.4 is 10.3 Å². The minimum atomic E-state index is -0.359. The fourth-order valence-electron chi connectivity index (χ4n) is 3.61. The van der Waals surface area contributed by atoms with Gasteiger partial charge < -0.3 is 14.2 Å². The predicted molar refractivity (Wildman–Crippen MR) is 108 cm³/mol. The molecule has 0 saturated carbocycles. The van der Waals surface area contributed by atoms with Crippen LogP contribution in [0.2, 0.25) is 0 Å². The largest absolute Gasteiger partial charge is 0.490 e. The standard InChI is InChI=1S/C22H23N3O3/c1-15-7-3-6-10-19(15)28-16-11-13-25(14-12-16)22(27)20-21(26)24(2)18-9-5-4-8-17(18)23-20/h3-10,16H,11-14H2,1-2H3. The molecule has 1 aromatic heterocycles. The fourth-order valence-corrected chi connectivity index (χ4v) is 3.61. The molecule has 1 saturated heterocycles. The molecule has 1 amide bonds. The van der Waals surface area contributed by atoms with Gasteiger partial charge in [-0.3, -0.25) is 9.59 Å². The lowest BCUT2D eigenvalue weighted by molar-refractivity contribution is 0.0587. The van der Waals surface area contributed by atoms with Crippen molar-refractivity contribution < 1.29 is 9.53 Å². The van der Waals surface area contributed by atoms with Crippen LogP contribution in [0, 0.1) is 6.92 Å². The molecule has 0 radical (unpaired) electrons. The number of aryl methyl sites for hydroxylation is 2.